The van der Waals surface area contributed by atoms with Gasteiger partial charge >= 0.3 is 0 Å². The molecule has 21 heavy (non-hydrogen) atoms. The third kappa shape index (κ3) is 2.95. The average Bonchev–Trinajstić information content (AvgIpc) is 2.54. The Bertz CT molecular complexity index is 620. The van der Waals surface area contributed by atoms with E-state index >= 15 is 0 Å². The van der Waals surface area contributed by atoms with Crippen LogP contribution in [0.4, 0.5) is 0 Å². The fourth-order valence-electron chi connectivity index (χ4n) is 2.28. The van der Waals surface area contributed by atoms with E-state index in [2.05, 4.69) is 0 Å². The Balaban J connectivity index is 2.56. The van der Waals surface area contributed by atoms with Crippen LogP contribution < -0.4 is 14.2 Å². The topological polar surface area (TPSA) is 47.9 Å². The van der Waals surface area contributed by atoms with Gasteiger partial charge < -0.3 is 19.3 Å². The van der Waals surface area contributed by atoms with Gasteiger partial charge in [0.2, 0.25) is 0 Å². The highest BCUT2D eigenvalue weighted by Crippen LogP contribution is 2.38. The van der Waals surface area contributed by atoms with Gasteiger partial charge in [0.1, 0.15) is 22.8 Å². The van der Waals surface area contributed by atoms with Crippen molar-refractivity contribution < 1.29 is 19.3 Å². The number of rotatable bonds is 5. The van der Waals surface area contributed by atoms with Gasteiger partial charge in [-0.1, -0.05) is 12.1 Å². The van der Waals surface area contributed by atoms with Gasteiger partial charge in [0, 0.05) is 5.56 Å². The molecule has 2 rings (SSSR count). The van der Waals surface area contributed by atoms with Crippen LogP contribution in [-0.4, -0.2) is 26.4 Å². The summed E-state index contributed by atoms with van der Waals surface area (Å²) in [5.74, 6) is 1.95. The maximum atomic E-state index is 11.0. The van der Waals surface area contributed by atoms with E-state index in [4.69, 9.17) is 14.2 Å². The summed E-state index contributed by atoms with van der Waals surface area (Å²) < 4.78 is 15.8. The van der Waals surface area contributed by atoms with Crippen molar-refractivity contribution in [3.05, 3.63) is 53.6 Å². The number of benzene rings is 2. The number of hydrogen-bond donors (Lipinski definition) is 1. The van der Waals surface area contributed by atoms with Crippen molar-refractivity contribution >= 4 is 0 Å². The maximum absolute atomic E-state index is 11.0. The second-order valence-corrected chi connectivity index (χ2v) is 4.87. The minimum Gasteiger partial charge on any atom is -0.497 e. The predicted octanol–water partition coefficient (Wildman–Crippen LogP) is 2.97. The van der Waals surface area contributed by atoms with Gasteiger partial charge in [-0.05, 0) is 42.8 Å². The van der Waals surface area contributed by atoms with Crippen molar-refractivity contribution in [2.75, 3.05) is 21.3 Å². The molecule has 2 aromatic carbocycles. The van der Waals surface area contributed by atoms with Crippen LogP contribution in [0.5, 0.6) is 17.2 Å². The molecule has 1 atom stereocenters. The van der Waals surface area contributed by atoms with Crippen molar-refractivity contribution in [1.82, 2.24) is 0 Å². The van der Waals surface area contributed by atoms with E-state index in [9.17, 15) is 5.11 Å². The monoisotopic (exact) mass is 288 g/mol. The summed E-state index contributed by atoms with van der Waals surface area (Å²) in [6.07, 6.45) is 0. The quantitative estimate of drug-likeness (QED) is 0.919. The highest BCUT2D eigenvalue weighted by molar-refractivity contribution is 5.49. The van der Waals surface area contributed by atoms with Crippen LogP contribution in [-0.2, 0) is 5.60 Å². The molecule has 0 aromatic heterocycles. The summed E-state index contributed by atoms with van der Waals surface area (Å²) >= 11 is 0. The lowest BCUT2D eigenvalue weighted by Crippen LogP contribution is -2.23. The molecule has 0 aliphatic heterocycles. The highest BCUT2D eigenvalue weighted by atomic mass is 16.5. The first-order valence-electron chi connectivity index (χ1n) is 6.62. The molecule has 4 nitrogen and oxygen atoms in total. The molecule has 1 unspecified atom stereocenters. The van der Waals surface area contributed by atoms with Crippen molar-refractivity contribution in [2.45, 2.75) is 12.5 Å². The largest absolute Gasteiger partial charge is 0.497 e. The summed E-state index contributed by atoms with van der Waals surface area (Å²) in [4.78, 5) is 0. The van der Waals surface area contributed by atoms with Crippen LogP contribution in [0.1, 0.15) is 18.1 Å². The van der Waals surface area contributed by atoms with E-state index < -0.39 is 5.60 Å². The molecule has 1 N–H and O–H groups in total. The maximum Gasteiger partial charge on any atom is 0.125 e. The Hall–Kier alpha value is -2.20. The summed E-state index contributed by atoms with van der Waals surface area (Å²) in [7, 11) is 4.76. The Morgan fingerprint density at radius 1 is 0.857 bits per heavy atom. The van der Waals surface area contributed by atoms with Crippen molar-refractivity contribution in [3.63, 3.8) is 0 Å². The molecule has 0 saturated carbocycles. The molecule has 0 bridgehead atoms. The summed E-state index contributed by atoms with van der Waals surface area (Å²) in [5, 5.41) is 11.0. The fourth-order valence-corrected chi connectivity index (χ4v) is 2.28. The van der Waals surface area contributed by atoms with Gasteiger partial charge in [0.25, 0.3) is 0 Å². The van der Waals surface area contributed by atoms with Crippen molar-refractivity contribution in [1.29, 1.82) is 0 Å². The third-order valence-corrected chi connectivity index (χ3v) is 3.56. The van der Waals surface area contributed by atoms with Crippen LogP contribution in [0.15, 0.2) is 42.5 Å². The van der Waals surface area contributed by atoms with Gasteiger partial charge in [-0.25, -0.2) is 0 Å². The molecule has 0 heterocycles. The third-order valence-electron chi connectivity index (χ3n) is 3.56. The van der Waals surface area contributed by atoms with E-state index in [1.165, 1.54) is 0 Å². The Kier molecular flexibility index (Phi) is 4.38. The standard InChI is InChI=1S/C17H20O4/c1-17(18,12-6-5-7-13(10-12)19-2)15-11-14(20-3)8-9-16(15)21-4/h5-11,18H,1-4H3. The van der Waals surface area contributed by atoms with E-state index in [-0.39, 0.29) is 0 Å². The fraction of sp³-hybridized carbons (Fsp3) is 0.294. The molecule has 4 heteroatoms. The number of aliphatic hydroxyl groups is 1. The highest BCUT2D eigenvalue weighted by Gasteiger charge is 2.30. The first-order chi connectivity index (χ1) is 10.0. The van der Waals surface area contributed by atoms with Crippen LogP contribution >= 0.6 is 0 Å². The minimum atomic E-state index is -1.23. The Morgan fingerprint density at radius 2 is 1.52 bits per heavy atom. The van der Waals surface area contributed by atoms with Crippen LogP contribution in [0.25, 0.3) is 0 Å². The zero-order valence-electron chi connectivity index (χ0n) is 12.7. The summed E-state index contributed by atoms with van der Waals surface area (Å²) in [5.41, 5.74) is 0.125. The normalized spacial score (nSPS) is 13.4. The molecule has 0 spiro atoms. The number of methoxy groups -OCH3 is 3. The molecular weight excluding hydrogens is 268 g/mol. The molecule has 0 fully saturated rings. The Morgan fingerprint density at radius 3 is 2.14 bits per heavy atom. The molecule has 0 aliphatic rings. The van der Waals surface area contributed by atoms with Gasteiger partial charge in [0.15, 0.2) is 0 Å². The van der Waals surface area contributed by atoms with Gasteiger partial charge in [-0.15, -0.1) is 0 Å². The lowest BCUT2D eigenvalue weighted by atomic mass is 9.87. The molecule has 0 radical (unpaired) electrons. The first kappa shape index (κ1) is 15.2. The van der Waals surface area contributed by atoms with Gasteiger partial charge in [-0.3, -0.25) is 0 Å². The molecule has 112 valence electrons. The van der Waals surface area contributed by atoms with Crippen LogP contribution in [0.3, 0.4) is 0 Å². The van der Waals surface area contributed by atoms with Crippen molar-refractivity contribution in [2.24, 2.45) is 0 Å². The molecule has 0 saturated heterocycles. The average molecular weight is 288 g/mol. The van der Waals surface area contributed by atoms with E-state index in [0.717, 1.165) is 0 Å². The summed E-state index contributed by atoms with van der Waals surface area (Å²) in [6.45, 7) is 1.72. The molecule has 2 aromatic rings. The number of ether oxygens (including phenoxy) is 3. The summed E-state index contributed by atoms with van der Waals surface area (Å²) in [6, 6.07) is 12.7. The van der Waals surface area contributed by atoms with Crippen LogP contribution in [0.2, 0.25) is 0 Å². The Labute approximate surface area is 124 Å². The zero-order valence-corrected chi connectivity index (χ0v) is 12.7. The molecule has 0 amide bonds. The van der Waals surface area contributed by atoms with Crippen LogP contribution in [0, 0.1) is 0 Å². The molecule has 0 aliphatic carbocycles. The SMILES string of the molecule is COc1cccc(C(C)(O)c2cc(OC)ccc2OC)c1. The predicted molar refractivity (Wildman–Crippen MR) is 81.2 cm³/mol. The smallest absolute Gasteiger partial charge is 0.125 e. The lowest BCUT2D eigenvalue weighted by molar-refractivity contribution is 0.0983. The van der Waals surface area contributed by atoms with E-state index in [1.807, 2.05) is 18.2 Å². The van der Waals surface area contributed by atoms with Gasteiger partial charge in [0.05, 0.1) is 21.3 Å². The first-order valence-corrected chi connectivity index (χ1v) is 6.62. The molecular formula is C17H20O4. The van der Waals surface area contributed by atoms with E-state index in [1.54, 1.807) is 52.5 Å². The van der Waals surface area contributed by atoms with Crippen molar-refractivity contribution in [3.8, 4) is 17.2 Å². The van der Waals surface area contributed by atoms with E-state index in [0.29, 0.717) is 28.4 Å². The minimum absolute atomic E-state index is 0.601. The number of hydrogen-bond acceptors (Lipinski definition) is 4. The zero-order chi connectivity index (χ0) is 15.5. The second kappa shape index (κ2) is 6.06. The lowest BCUT2D eigenvalue weighted by Gasteiger charge is -2.27. The van der Waals surface area contributed by atoms with Gasteiger partial charge in [-0.2, -0.15) is 0 Å². The second-order valence-electron chi connectivity index (χ2n) is 4.87.